The molecule has 0 radical (unpaired) electrons. The first-order valence-corrected chi connectivity index (χ1v) is 6.93. The Morgan fingerprint density at radius 2 is 2.38 bits per heavy atom. The molecule has 0 bridgehead atoms. The van der Waals surface area contributed by atoms with Crippen LogP contribution in [0.25, 0.3) is 0 Å². The lowest BCUT2D eigenvalue weighted by Gasteiger charge is -2.06. The second-order valence-electron chi connectivity index (χ2n) is 4.82. The van der Waals surface area contributed by atoms with E-state index in [0.717, 1.165) is 25.1 Å². The fourth-order valence-corrected chi connectivity index (χ4v) is 2.30. The van der Waals surface area contributed by atoms with Crippen molar-refractivity contribution >= 4 is 11.7 Å². The third-order valence-corrected chi connectivity index (χ3v) is 3.26. The van der Waals surface area contributed by atoms with Gasteiger partial charge in [-0.25, -0.2) is 4.98 Å². The average Bonchev–Trinajstić information content (AvgIpc) is 3.06. The summed E-state index contributed by atoms with van der Waals surface area (Å²) in [7, 11) is 0. The van der Waals surface area contributed by atoms with Crippen molar-refractivity contribution in [2.45, 2.75) is 19.4 Å². The molecule has 0 atom stereocenters. The van der Waals surface area contributed by atoms with Crippen molar-refractivity contribution in [3.05, 3.63) is 35.8 Å². The van der Waals surface area contributed by atoms with Gasteiger partial charge in [0.25, 0.3) is 5.91 Å². The topological polar surface area (TPSA) is 95.1 Å². The van der Waals surface area contributed by atoms with Crippen molar-refractivity contribution < 1.29 is 9.53 Å². The van der Waals surface area contributed by atoms with E-state index in [0.29, 0.717) is 30.4 Å². The number of pyridine rings is 1. The second kappa shape index (κ2) is 5.92. The Kier molecular flexibility index (Phi) is 3.83. The van der Waals surface area contributed by atoms with Gasteiger partial charge in [-0.3, -0.25) is 9.48 Å². The molecule has 0 fully saturated rings. The molecule has 0 spiro atoms. The molecule has 7 nitrogen and oxygen atoms in total. The van der Waals surface area contributed by atoms with Gasteiger partial charge in [0.1, 0.15) is 18.2 Å². The number of anilines is 1. The minimum Gasteiger partial charge on any atom is -0.492 e. The van der Waals surface area contributed by atoms with Crippen LogP contribution in [0, 0.1) is 0 Å². The van der Waals surface area contributed by atoms with Crippen molar-refractivity contribution in [3.63, 3.8) is 0 Å². The molecule has 3 N–H and O–H groups in total. The first-order chi connectivity index (χ1) is 10.3. The van der Waals surface area contributed by atoms with E-state index in [1.165, 1.54) is 0 Å². The maximum atomic E-state index is 12.2. The van der Waals surface area contributed by atoms with E-state index in [9.17, 15) is 4.79 Å². The van der Waals surface area contributed by atoms with Crippen molar-refractivity contribution in [1.29, 1.82) is 0 Å². The van der Waals surface area contributed by atoms with Gasteiger partial charge in [-0.2, -0.15) is 5.10 Å². The van der Waals surface area contributed by atoms with Crippen molar-refractivity contribution in [1.82, 2.24) is 14.8 Å². The van der Waals surface area contributed by atoms with Gasteiger partial charge in [0.05, 0.1) is 0 Å². The van der Waals surface area contributed by atoms with Crippen LogP contribution in [0.1, 0.15) is 22.6 Å². The van der Waals surface area contributed by atoms with Gasteiger partial charge in [0, 0.05) is 31.0 Å². The number of rotatable bonds is 5. The monoisotopic (exact) mass is 287 g/mol. The van der Waals surface area contributed by atoms with Crippen LogP contribution in [0.3, 0.4) is 0 Å². The van der Waals surface area contributed by atoms with E-state index in [2.05, 4.69) is 15.4 Å². The number of hydrogen-bond donors (Lipinski definition) is 2. The maximum Gasteiger partial charge on any atom is 0.277 e. The van der Waals surface area contributed by atoms with Crippen LogP contribution in [0.2, 0.25) is 0 Å². The molecule has 0 saturated carbocycles. The SMILES string of the molecule is NCCOc1ccnc(NC(=O)c2cc3n(n2)CCC3)c1. The molecule has 0 saturated heterocycles. The number of ether oxygens (including phenoxy) is 1. The first-order valence-electron chi connectivity index (χ1n) is 6.93. The van der Waals surface area contributed by atoms with Gasteiger partial charge < -0.3 is 15.8 Å². The van der Waals surface area contributed by atoms with E-state index < -0.39 is 0 Å². The van der Waals surface area contributed by atoms with Crippen molar-refractivity contribution in [3.8, 4) is 5.75 Å². The van der Waals surface area contributed by atoms with Crippen molar-refractivity contribution in [2.75, 3.05) is 18.5 Å². The number of fused-ring (bicyclic) bond motifs is 1. The number of hydrogen-bond acceptors (Lipinski definition) is 5. The molecule has 1 aliphatic rings. The Labute approximate surface area is 122 Å². The fraction of sp³-hybridized carbons (Fsp3) is 0.357. The summed E-state index contributed by atoms with van der Waals surface area (Å²) in [4.78, 5) is 16.3. The molecule has 0 aliphatic carbocycles. The highest BCUT2D eigenvalue weighted by atomic mass is 16.5. The molecule has 7 heteroatoms. The van der Waals surface area contributed by atoms with Gasteiger partial charge >= 0.3 is 0 Å². The van der Waals surface area contributed by atoms with E-state index in [1.54, 1.807) is 18.3 Å². The first kappa shape index (κ1) is 13.6. The van der Waals surface area contributed by atoms with Crippen LogP contribution >= 0.6 is 0 Å². The van der Waals surface area contributed by atoms with Gasteiger partial charge in [-0.15, -0.1) is 0 Å². The largest absolute Gasteiger partial charge is 0.492 e. The lowest BCUT2D eigenvalue weighted by atomic mass is 10.2. The quantitative estimate of drug-likeness (QED) is 0.848. The van der Waals surface area contributed by atoms with E-state index in [1.807, 2.05) is 10.7 Å². The van der Waals surface area contributed by atoms with Gasteiger partial charge in [0.15, 0.2) is 5.69 Å². The van der Waals surface area contributed by atoms with Crippen LogP contribution in [0.4, 0.5) is 5.82 Å². The number of nitrogens with zero attached hydrogens (tertiary/aromatic N) is 3. The molecular formula is C14H17N5O2. The van der Waals surface area contributed by atoms with Gasteiger partial charge in [-0.05, 0) is 25.0 Å². The zero-order chi connectivity index (χ0) is 14.7. The lowest BCUT2D eigenvalue weighted by molar-refractivity contribution is 0.102. The molecule has 1 amide bonds. The van der Waals surface area contributed by atoms with Crippen LogP contribution in [-0.4, -0.2) is 33.8 Å². The summed E-state index contributed by atoms with van der Waals surface area (Å²) in [5, 5.41) is 7.01. The molecule has 3 rings (SSSR count). The highest BCUT2D eigenvalue weighted by molar-refractivity contribution is 6.02. The standard InChI is InChI=1S/C14H17N5O2/c15-4-7-21-11-3-5-16-13(9-11)17-14(20)12-8-10-2-1-6-19(10)18-12/h3,5,8-9H,1-2,4,6-7,15H2,(H,16,17,20). The fourth-order valence-electron chi connectivity index (χ4n) is 2.30. The maximum absolute atomic E-state index is 12.2. The highest BCUT2D eigenvalue weighted by Crippen LogP contribution is 2.17. The normalized spacial score (nSPS) is 13.0. The van der Waals surface area contributed by atoms with Crippen LogP contribution in [0.15, 0.2) is 24.4 Å². The van der Waals surface area contributed by atoms with Gasteiger partial charge in [-0.1, -0.05) is 0 Å². The van der Waals surface area contributed by atoms with E-state index in [4.69, 9.17) is 10.5 Å². The number of carbonyl (C=O) groups is 1. The second-order valence-corrected chi connectivity index (χ2v) is 4.82. The summed E-state index contributed by atoms with van der Waals surface area (Å²) in [5.41, 5.74) is 6.91. The molecule has 1 aliphatic heterocycles. The third-order valence-electron chi connectivity index (χ3n) is 3.26. The summed E-state index contributed by atoms with van der Waals surface area (Å²) in [6.07, 6.45) is 3.64. The number of aryl methyl sites for hydroxylation is 2. The van der Waals surface area contributed by atoms with Crippen LogP contribution < -0.4 is 15.8 Å². The Balaban J connectivity index is 1.69. The van der Waals surface area contributed by atoms with Crippen LogP contribution in [-0.2, 0) is 13.0 Å². The average molecular weight is 287 g/mol. The molecular weight excluding hydrogens is 270 g/mol. The molecule has 2 aromatic heterocycles. The summed E-state index contributed by atoms with van der Waals surface area (Å²) in [5.74, 6) is 0.793. The summed E-state index contributed by atoms with van der Waals surface area (Å²) >= 11 is 0. The van der Waals surface area contributed by atoms with Crippen molar-refractivity contribution in [2.24, 2.45) is 5.73 Å². The summed E-state index contributed by atoms with van der Waals surface area (Å²) in [6.45, 7) is 1.73. The zero-order valence-corrected chi connectivity index (χ0v) is 11.6. The Hall–Kier alpha value is -2.41. The molecule has 110 valence electrons. The number of nitrogens with two attached hydrogens (primary N) is 1. The van der Waals surface area contributed by atoms with Gasteiger partial charge in [0.2, 0.25) is 0 Å². The predicted octanol–water partition coefficient (Wildman–Crippen LogP) is 0.814. The summed E-state index contributed by atoms with van der Waals surface area (Å²) < 4.78 is 7.27. The number of amides is 1. The summed E-state index contributed by atoms with van der Waals surface area (Å²) in [6, 6.07) is 5.21. The van der Waals surface area contributed by atoms with E-state index in [-0.39, 0.29) is 5.91 Å². The smallest absolute Gasteiger partial charge is 0.277 e. The minimum atomic E-state index is -0.264. The zero-order valence-electron chi connectivity index (χ0n) is 11.6. The van der Waals surface area contributed by atoms with E-state index >= 15 is 0 Å². The minimum absolute atomic E-state index is 0.264. The lowest BCUT2D eigenvalue weighted by Crippen LogP contribution is -2.15. The van der Waals surface area contributed by atoms with Crippen LogP contribution in [0.5, 0.6) is 5.75 Å². The number of carbonyl (C=O) groups excluding carboxylic acids is 1. The predicted molar refractivity (Wildman–Crippen MR) is 77.3 cm³/mol. The molecule has 0 unspecified atom stereocenters. The highest BCUT2D eigenvalue weighted by Gasteiger charge is 2.18. The molecule has 0 aromatic carbocycles. The molecule has 2 aromatic rings. The molecule has 21 heavy (non-hydrogen) atoms. The number of nitrogens with one attached hydrogen (secondary N) is 1. The third kappa shape index (κ3) is 3.03. The Morgan fingerprint density at radius 3 is 3.19 bits per heavy atom. The Morgan fingerprint density at radius 1 is 1.48 bits per heavy atom. The Bertz CT molecular complexity index is 631. The molecule has 3 heterocycles. The number of aromatic nitrogens is 3.